The van der Waals surface area contributed by atoms with Gasteiger partial charge in [0.2, 0.25) is 11.8 Å². The third-order valence-corrected chi connectivity index (χ3v) is 7.62. The number of fused-ring (bicyclic) bond motifs is 4. The first-order chi connectivity index (χ1) is 16.9. The van der Waals surface area contributed by atoms with Crippen LogP contribution in [0, 0.1) is 5.92 Å². The van der Waals surface area contributed by atoms with E-state index in [2.05, 4.69) is 25.5 Å². The Morgan fingerprint density at radius 1 is 1.26 bits per heavy atom. The second-order valence-electron chi connectivity index (χ2n) is 8.96. The van der Waals surface area contributed by atoms with Crippen molar-refractivity contribution in [2.45, 2.75) is 19.3 Å². The molecule has 2 N–H and O–H groups in total. The molecule has 35 heavy (non-hydrogen) atoms. The minimum Gasteiger partial charge on any atom is -0.494 e. The topological polar surface area (TPSA) is 116 Å². The summed E-state index contributed by atoms with van der Waals surface area (Å²) in [6, 6.07) is 3.88. The molecule has 0 spiro atoms. The summed E-state index contributed by atoms with van der Waals surface area (Å²) in [6.45, 7) is 0.0873. The number of aromatic nitrogens is 4. The number of methoxy groups -OCH3 is 1. The zero-order valence-electron chi connectivity index (χ0n) is 20.1. The van der Waals surface area contributed by atoms with Gasteiger partial charge in [-0.3, -0.25) is 14.7 Å². The maximum absolute atomic E-state index is 13.0. The standard InChI is InChI=1S/C24H27N7O3S/c1-30(2)20(32)11-31(3)24(33)13-5-6-15-19(8-13)35-23-21(15)22(25-12-26-23)28-17-7-14-10-27-29-16(14)9-18(17)34-4/h7,9-10,12-13H,5-6,8,11H2,1-4H3,(H,27,29)(H,25,26,28)/t13-/m0/s1. The fourth-order valence-electron chi connectivity index (χ4n) is 4.52. The van der Waals surface area contributed by atoms with Crippen molar-refractivity contribution in [1.82, 2.24) is 30.0 Å². The minimum atomic E-state index is -0.150. The number of benzene rings is 1. The molecule has 0 saturated heterocycles. The van der Waals surface area contributed by atoms with Crippen LogP contribution in [-0.4, -0.2) is 76.6 Å². The highest BCUT2D eigenvalue weighted by atomic mass is 32.1. The van der Waals surface area contributed by atoms with E-state index in [0.29, 0.717) is 18.0 Å². The van der Waals surface area contributed by atoms with Gasteiger partial charge in [0, 0.05) is 43.4 Å². The second kappa shape index (κ2) is 9.14. The van der Waals surface area contributed by atoms with E-state index in [0.717, 1.165) is 44.5 Å². The number of rotatable bonds is 6. The number of thiophene rings is 1. The first-order valence-electron chi connectivity index (χ1n) is 11.3. The van der Waals surface area contributed by atoms with Gasteiger partial charge >= 0.3 is 0 Å². The van der Waals surface area contributed by atoms with Gasteiger partial charge in [-0.05, 0) is 30.9 Å². The number of ether oxygens (including phenoxy) is 1. The zero-order chi connectivity index (χ0) is 24.7. The van der Waals surface area contributed by atoms with Gasteiger partial charge in [0.1, 0.15) is 22.7 Å². The number of aryl methyl sites for hydroxylation is 1. The number of likely N-dealkylation sites (N-methyl/N-ethyl adjacent to an activating group) is 2. The SMILES string of the molecule is COc1cc2[nH]ncc2cc1Nc1ncnc2sc3c(c12)CC[C@H](C(=O)N(C)CC(=O)N(C)C)C3. The molecule has 0 unspecified atom stereocenters. The fourth-order valence-corrected chi connectivity index (χ4v) is 5.78. The molecule has 182 valence electrons. The Kier molecular flexibility index (Phi) is 6.01. The molecule has 11 heteroatoms. The van der Waals surface area contributed by atoms with Crippen LogP contribution in [0.1, 0.15) is 16.9 Å². The summed E-state index contributed by atoms with van der Waals surface area (Å²) >= 11 is 1.61. The maximum atomic E-state index is 13.0. The van der Waals surface area contributed by atoms with Crippen LogP contribution in [0.2, 0.25) is 0 Å². The molecule has 1 aliphatic carbocycles. The molecule has 0 bridgehead atoms. The third kappa shape index (κ3) is 4.27. The van der Waals surface area contributed by atoms with Crippen LogP contribution in [0.25, 0.3) is 21.1 Å². The van der Waals surface area contributed by atoms with E-state index in [1.54, 1.807) is 52.1 Å². The van der Waals surface area contributed by atoms with Gasteiger partial charge in [0.15, 0.2) is 0 Å². The van der Waals surface area contributed by atoms with Gasteiger partial charge in [0.05, 0.1) is 36.4 Å². The number of hydrogen-bond donors (Lipinski definition) is 2. The quantitative estimate of drug-likeness (QED) is 0.424. The molecule has 2 amide bonds. The minimum absolute atomic E-state index is 0.00545. The van der Waals surface area contributed by atoms with Crippen LogP contribution in [0.5, 0.6) is 5.75 Å². The Hall–Kier alpha value is -3.73. The summed E-state index contributed by atoms with van der Waals surface area (Å²) in [5.74, 6) is 1.16. The summed E-state index contributed by atoms with van der Waals surface area (Å²) < 4.78 is 5.59. The first-order valence-corrected chi connectivity index (χ1v) is 12.2. The van der Waals surface area contributed by atoms with E-state index in [1.807, 2.05) is 12.1 Å². The molecular formula is C24H27N7O3S. The van der Waals surface area contributed by atoms with Crippen LogP contribution < -0.4 is 10.1 Å². The van der Waals surface area contributed by atoms with Gasteiger partial charge in [-0.2, -0.15) is 5.10 Å². The molecule has 1 atom stereocenters. The number of nitrogens with one attached hydrogen (secondary N) is 2. The Balaban J connectivity index is 1.42. The average molecular weight is 494 g/mol. The number of amides is 2. The monoisotopic (exact) mass is 493 g/mol. The molecule has 1 aromatic carbocycles. The van der Waals surface area contributed by atoms with Crippen LogP contribution in [0.4, 0.5) is 11.5 Å². The molecule has 1 aliphatic rings. The van der Waals surface area contributed by atoms with Crippen molar-refractivity contribution < 1.29 is 14.3 Å². The van der Waals surface area contributed by atoms with Crippen LogP contribution in [0.15, 0.2) is 24.7 Å². The van der Waals surface area contributed by atoms with E-state index < -0.39 is 0 Å². The molecular weight excluding hydrogens is 466 g/mol. The van der Waals surface area contributed by atoms with Crippen molar-refractivity contribution in [3.05, 3.63) is 35.1 Å². The molecule has 3 aromatic heterocycles. The van der Waals surface area contributed by atoms with Crippen LogP contribution in [-0.2, 0) is 22.4 Å². The van der Waals surface area contributed by atoms with Gasteiger partial charge in [0.25, 0.3) is 0 Å². The molecule has 0 radical (unpaired) electrons. The highest BCUT2D eigenvalue weighted by Crippen LogP contribution is 2.41. The number of anilines is 2. The highest BCUT2D eigenvalue weighted by Gasteiger charge is 2.31. The van der Waals surface area contributed by atoms with E-state index in [9.17, 15) is 9.59 Å². The Morgan fingerprint density at radius 2 is 2.09 bits per heavy atom. The number of nitrogens with zero attached hydrogens (tertiary/aromatic N) is 5. The predicted octanol–water partition coefficient (Wildman–Crippen LogP) is 2.97. The summed E-state index contributed by atoms with van der Waals surface area (Å²) in [6.07, 6.45) is 5.43. The average Bonchev–Trinajstić information content (AvgIpc) is 3.46. The lowest BCUT2D eigenvalue weighted by Crippen LogP contribution is -2.41. The lowest BCUT2D eigenvalue weighted by atomic mass is 9.87. The van der Waals surface area contributed by atoms with Crippen molar-refractivity contribution in [2.75, 3.05) is 40.1 Å². The van der Waals surface area contributed by atoms with Gasteiger partial charge in [-0.25, -0.2) is 9.97 Å². The second-order valence-corrected chi connectivity index (χ2v) is 10.0. The van der Waals surface area contributed by atoms with E-state index in [-0.39, 0.29) is 24.3 Å². The third-order valence-electron chi connectivity index (χ3n) is 6.46. The molecule has 0 aliphatic heterocycles. The molecule has 4 aromatic rings. The van der Waals surface area contributed by atoms with E-state index in [1.165, 1.54) is 15.4 Å². The van der Waals surface area contributed by atoms with Crippen LogP contribution >= 0.6 is 11.3 Å². The lowest BCUT2D eigenvalue weighted by molar-refractivity contribution is -0.140. The molecule has 10 nitrogen and oxygen atoms in total. The van der Waals surface area contributed by atoms with Crippen molar-refractivity contribution in [3.8, 4) is 5.75 Å². The summed E-state index contributed by atoms with van der Waals surface area (Å²) in [5.41, 5.74) is 2.87. The smallest absolute Gasteiger partial charge is 0.241 e. The van der Waals surface area contributed by atoms with Crippen molar-refractivity contribution in [2.24, 2.45) is 5.92 Å². The molecule has 5 rings (SSSR count). The molecule has 0 fully saturated rings. The largest absolute Gasteiger partial charge is 0.494 e. The summed E-state index contributed by atoms with van der Waals surface area (Å²) in [5, 5.41) is 12.4. The zero-order valence-corrected chi connectivity index (χ0v) is 20.9. The summed E-state index contributed by atoms with van der Waals surface area (Å²) in [4.78, 5) is 39.2. The fraction of sp³-hybridized carbons (Fsp3) is 0.375. The van der Waals surface area contributed by atoms with Gasteiger partial charge < -0.3 is 19.9 Å². The first kappa shape index (κ1) is 23.0. The Bertz CT molecular complexity index is 1430. The van der Waals surface area contributed by atoms with Gasteiger partial charge in [-0.1, -0.05) is 0 Å². The number of carbonyl (C=O) groups excluding carboxylic acids is 2. The van der Waals surface area contributed by atoms with Crippen molar-refractivity contribution in [1.29, 1.82) is 0 Å². The predicted molar refractivity (Wildman–Crippen MR) is 135 cm³/mol. The Labute approximate surface area is 206 Å². The van der Waals surface area contributed by atoms with Crippen molar-refractivity contribution in [3.63, 3.8) is 0 Å². The van der Waals surface area contributed by atoms with Crippen LogP contribution in [0.3, 0.4) is 0 Å². The normalized spacial score (nSPS) is 15.1. The molecule has 0 saturated carbocycles. The molecule has 3 heterocycles. The maximum Gasteiger partial charge on any atom is 0.241 e. The Morgan fingerprint density at radius 3 is 2.86 bits per heavy atom. The number of H-pyrrole nitrogens is 1. The highest BCUT2D eigenvalue weighted by molar-refractivity contribution is 7.19. The summed E-state index contributed by atoms with van der Waals surface area (Å²) in [7, 11) is 6.72. The van der Waals surface area contributed by atoms with Crippen molar-refractivity contribution >= 4 is 55.8 Å². The van der Waals surface area contributed by atoms with E-state index in [4.69, 9.17) is 4.74 Å². The van der Waals surface area contributed by atoms with Gasteiger partial charge in [-0.15, -0.1) is 11.3 Å². The number of hydrogen-bond acceptors (Lipinski definition) is 8. The lowest BCUT2D eigenvalue weighted by Gasteiger charge is -2.27. The number of aromatic amines is 1. The van der Waals surface area contributed by atoms with E-state index >= 15 is 0 Å². The number of carbonyl (C=O) groups is 2.